The third kappa shape index (κ3) is 3.23. The van der Waals surface area contributed by atoms with Gasteiger partial charge in [0.2, 0.25) is 0 Å². The van der Waals surface area contributed by atoms with Crippen molar-refractivity contribution in [2.75, 3.05) is 6.54 Å². The number of carbonyl (C=O) groups is 2. The molecular formula is C14H15N3O3. The quantitative estimate of drug-likeness (QED) is 0.854. The van der Waals surface area contributed by atoms with E-state index in [1.54, 1.807) is 36.1 Å². The fourth-order valence-electron chi connectivity index (χ4n) is 1.85. The van der Waals surface area contributed by atoms with Gasteiger partial charge >= 0.3 is 5.97 Å². The van der Waals surface area contributed by atoms with Gasteiger partial charge in [0.15, 0.2) is 0 Å². The summed E-state index contributed by atoms with van der Waals surface area (Å²) in [6.45, 7) is 0.438. The van der Waals surface area contributed by atoms with Crippen LogP contribution in [0.15, 0.2) is 36.8 Å². The van der Waals surface area contributed by atoms with E-state index in [1.165, 1.54) is 6.20 Å². The molecule has 6 heteroatoms. The molecule has 0 saturated heterocycles. The number of hydrogen-bond acceptors (Lipinski definition) is 3. The van der Waals surface area contributed by atoms with E-state index in [4.69, 9.17) is 5.11 Å². The van der Waals surface area contributed by atoms with Crippen LogP contribution < -0.4 is 5.32 Å². The highest BCUT2D eigenvalue weighted by Gasteiger charge is 2.09. The van der Waals surface area contributed by atoms with Gasteiger partial charge < -0.3 is 15.0 Å². The predicted molar refractivity (Wildman–Crippen MR) is 72.6 cm³/mol. The van der Waals surface area contributed by atoms with Crippen LogP contribution in [0.3, 0.4) is 0 Å². The van der Waals surface area contributed by atoms with Crippen molar-refractivity contribution < 1.29 is 14.7 Å². The van der Waals surface area contributed by atoms with Gasteiger partial charge in [-0.2, -0.15) is 0 Å². The second-order valence-electron chi connectivity index (χ2n) is 4.40. The molecule has 2 N–H and O–H groups in total. The second kappa shape index (κ2) is 6.01. The molecule has 0 aliphatic rings. The molecule has 1 heterocycles. The lowest BCUT2D eigenvalue weighted by Gasteiger charge is -2.06. The van der Waals surface area contributed by atoms with Crippen molar-refractivity contribution in [3.8, 4) is 0 Å². The number of hydrogen-bond donors (Lipinski definition) is 2. The van der Waals surface area contributed by atoms with Crippen LogP contribution in [0.4, 0.5) is 0 Å². The van der Waals surface area contributed by atoms with E-state index in [2.05, 4.69) is 10.3 Å². The molecule has 0 unspecified atom stereocenters. The Morgan fingerprint density at radius 3 is 2.85 bits per heavy atom. The van der Waals surface area contributed by atoms with Crippen LogP contribution in [0.1, 0.15) is 26.4 Å². The number of amides is 1. The Balaban J connectivity index is 1.90. The zero-order valence-corrected chi connectivity index (χ0v) is 11.0. The first-order chi connectivity index (χ1) is 9.58. The minimum absolute atomic E-state index is 0.195. The van der Waals surface area contributed by atoms with Crippen LogP contribution in [-0.4, -0.2) is 33.1 Å². The zero-order chi connectivity index (χ0) is 14.5. The molecule has 0 aliphatic carbocycles. The molecule has 0 spiro atoms. The topological polar surface area (TPSA) is 84.2 Å². The SMILES string of the molecule is Cn1cncc1C(=O)NCCc1cccc(C(=O)O)c1. The maximum Gasteiger partial charge on any atom is 0.335 e. The van der Waals surface area contributed by atoms with Crippen molar-refractivity contribution in [1.82, 2.24) is 14.9 Å². The average Bonchev–Trinajstić information content (AvgIpc) is 2.85. The molecule has 6 nitrogen and oxygen atoms in total. The Kier molecular flexibility index (Phi) is 4.14. The molecule has 0 fully saturated rings. The summed E-state index contributed by atoms with van der Waals surface area (Å²) in [6, 6.07) is 6.68. The summed E-state index contributed by atoms with van der Waals surface area (Å²) in [5.41, 5.74) is 1.61. The van der Waals surface area contributed by atoms with Crippen LogP contribution in [0, 0.1) is 0 Å². The van der Waals surface area contributed by atoms with E-state index < -0.39 is 5.97 Å². The van der Waals surface area contributed by atoms with Gasteiger partial charge in [-0.3, -0.25) is 4.79 Å². The monoisotopic (exact) mass is 273 g/mol. The van der Waals surface area contributed by atoms with Gasteiger partial charge in [0.25, 0.3) is 5.91 Å². The fourth-order valence-corrected chi connectivity index (χ4v) is 1.85. The van der Waals surface area contributed by atoms with E-state index in [-0.39, 0.29) is 11.5 Å². The van der Waals surface area contributed by atoms with Gasteiger partial charge in [-0.15, -0.1) is 0 Å². The summed E-state index contributed by atoms with van der Waals surface area (Å²) in [7, 11) is 1.75. The lowest BCUT2D eigenvalue weighted by atomic mass is 10.1. The van der Waals surface area contributed by atoms with Crippen molar-refractivity contribution in [3.63, 3.8) is 0 Å². The summed E-state index contributed by atoms with van der Waals surface area (Å²) < 4.78 is 1.64. The third-order valence-electron chi connectivity index (χ3n) is 2.92. The lowest BCUT2D eigenvalue weighted by Crippen LogP contribution is -2.27. The summed E-state index contributed by atoms with van der Waals surface area (Å²) in [6.07, 6.45) is 3.64. The molecule has 0 aliphatic heterocycles. The molecule has 0 atom stereocenters. The molecule has 1 amide bonds. The Labute approximate surface area is 116 Å². The molecule has 2 aromatic rings. The number of nitrogens with one attached hydrogen (secondary N) is 1. The van der Waals surface area contributed by atoms with Crippen molar-refractivity contribution >= 4 is 11.9 Å². The first-order valence-electron chi connectivity index (χ1n) is 6.14. The van der Waals surface area contributed by atoms with Crippen LogP contribution in [-0.2, 0) is 13.5 Å². The minimum atomic E-state index is -0.953. The first-order valence-corrected chi connectivity index (χ1v) is 6.14. The number of carboxylic acid groups (broad SMARTS) is 1. The normalized spacial score (nSPS) is 10.2. The fraction of sp³-hybridized carbons (Fsp3) is 0.214. The van der Waals surface area contributed by atoms with Crippen LogP contribution in [0.5, 0.6) is 0 Å². The van der Waals surface area contributed by atoms with Gasteiger partial charge in [-0.05, 0) is 24.1 Å². The van der Waals surface area contributed by atoms with E-state index in [1.807, 2.05) is 6.07 Å². The molecule has 104 valence electrons. The van der Waals surface area contributed by atoms with E-state index in [9.17, 15) is 9.59 Å². The van der Waals surface area contributed by atoms with Gasteiger partial charge in [0, 0.05) is 13.6 Å². The largest absolute Gasteiger partial charge is 0.478 e. The molecule has 0 radical (unpaired) electrons. The maximum atomic E-state index is 11.8. The zero-order valence-electron chi connectivity index (χ0n) is 11.0. The highest BCUT2D eigenvalue weighted by Crippen LogP contribution is 2.06. The Hall–Kier alpha value is -2.63. The summed E-state index contributed by atoms with van der Waals surface area (Å²) >= 11 is 0. The highest BCUT2D eigenvalue weighted by molar-refractivity contribution is 5.92. The van der Waals surface area contributed by atoms with E-state index in [0.29, 0.717) is 18.7 Å². The van der Waals surface area contributed by atoms with E-state index >= 15 is 0 Å². The summed E-state index contributed by atoms with van der Waals surface area (Å²) in [5, 5.41) is 11.7. The summed E-state index contributed by atoms with van der Waals surface area (Å²) in [4.78, 5) is 26.6. The number of rotatable bonds is 5. The minimum Gasteiger partial charge on any atom is -0.478 e. The molecule has 0 saturated carbocycles. The Morgan fingerprint density at radius 1 is 1.40 bits per heavy atom. The number of nitrogens with zero attached hydrogens (tertiary/aromatic N) is 2. The second-order valence-corrected chi connectivity index (χ2v) is 4.40. The van der Waals surface area contributed by atoms with Gasteiger partial charge in [0.05, 0.1) is 18.1 Å². The first kappa shape index (κ1) is 13.8. The van der Waals surface area contributed by atoms with Gasteiger partial charge in [0.1, 0.15) is 5.69 Å². The molecular weight excluding hydrogens is 258 g/mol. The molecule has 2 rings (SSSR count). The van der Waals surface area contributed by atoms with Crippen LogP contribution in [0.2, 0.25) is 0 Å². The predicted octanol–water partition coefficient (Wildman–Crippen LogP) is 1.09. The van der Waals surface area contributed by atoms with Crippen molar-refractivity contribution in [2.45, 2.75) is 6.42 Å². The number of carboxylic acids is 1. The van der Waals surface area contributed by atoms with Crippen LogP contribution in [0.25, 0.3) is 0 Å². The van der Waals surface area contributed by atoms with Crippen molar-refractivity contribution in [3.05, 3.63) is 53.6 Å². The van der Waals surface area contributed by atoms with Crippen molar-refractivity contribution in [2.24, 2.45) is 7.05 Å². The third-order valence-corrected chi connectivity index (χ3v) is 2.92. The highest BCUT2D eigenvalue weighted by atomic mass is 16.4. The lowest BCUT2D eigenvalue weighted by molar-refractivity contribution is 0.0696. The number of aromatic nitrogens is 2. The van der Waals surface area contributed by atoms with Gasteiger partial charge in [-0.1, -0.05) is 12.1 Å². The Bertz CT molecular complexity index is 634. The smallest absolute Gasteiger partial charge is 0.335 e. The number of aryl methyl sites for hydroxylation is 1. The van der Waals surface area contributed by atoms with Crippen molar-refractivity contribution in [1.29, 1.82) is 0 Å². The average molecular weight is 273 g/mol. The number of imidazole rings is 1. The molecule has 0 bridgehead atoms. The maximum absolute atomic E-state index is 11.8. The number of aromatic carboxylic acids is 1. The summed E-state index contributed by atoms with van der Waals surface area (Å²) in [5.74, 6) is -1.15. The number of carbonyl (C=O) groups excluding carboxylic acids is 1. The molecule has 1 aromatic heterocycles. The molecule has 20 heavy (non-hydrogen) atoms. The van der Waals surface area contributed by atoms with Gasteiger partial charge in [-0.25, -0.2) is 9.78 Å². The number of benzene rings is 1. The van der Waals surface area contributed by atoms with Crippen LogP contribution >= 0.6 is 0 Å². The molecule has 1 aromatic carbocycles. The van der Waals surface area contributed by atoms with E-state index in [0.717, 1.165) is 5.56 Å². The standard InChI is InChI=1S/C14H15N3O3/c1-17-9-15-8-12(17)13(18)16-6-5-10-3-2-4-11(7-10)14(19)20/h2-4,7-9H,5-6H2,1H3,(H,16,18)(H,19,20). The Morgan fingerprint density at radius 2 is 2.20 bits per heavy atom.